The van der Waals surface area contributed by atoms with Gasteiger partial charge in [-0.05, 0) is 111 Å². The highest BCUT2D eigenvalue weighted by atomic mass is 35.5. The summed E-state index contributed by atoms with van der Waals surface area (Å²) in [6.45, 7) is 0. The SMILES string of the molecule is NC(=O)C(C(N)=O)C(C1=CCCC1=C(c1ccc(Cl)cc1)c1ccc(Cl)cc1)=C(c1ccc(Cl)cc1)c1ccc(Cl)cc1. The highest BCUT2D eigenvalue weighted by Gasteiger charge is 2.35. The maximum Gasteiger partial charge on any atom is 0.234 e. The summed E-state index contributed by atoms with van der Waals surface area (Å²) in [5, 5.41) is 2.27. The molecule has 0 saturated heterocycles. The third-order valence-corrected chi connectivity index (χ3v) is 8.33. The van der Waals surface area contributed by atoms with E-state index >= 15 is 0 Å². The molecule has 0 radical (unpaired) electrons. The summed E-state index contributed by atoms with van der Waals surface area (Å²) < 4.78 is 0. The molecular formula is C35H26Cl4N2O2. The lowest BCUT2D eigenvalue weighted by molar-refractivity contribution is -0.129. The third-order valence-electron chi connectivity index (χ3n) is 7.32. The molecule has 2 amide bonds. The Labute approximate surface area is 270 Å². The molecule has 5 rings (SSSR count). The number of nitrogens with two attached hydrogens (primary N) is 2. The van der Waals surface area contributed by atoms with Gasteiger partial charge >= 0.3 is 0 Å². The Morgan fingerprint density at radius 2 is 0.907 bits per heavy atom. The van der Waals surface area contributed by atoms with Crippen LogP contribution in [-0.4, -0.2) is 11.8 Å². The van der Waals surface area contributed by atoms with Gasteiger partial charge in [0.25, 0.3) is 0 Å². The number of allylic oxidation sites excluding steroid dienone is 3. The van der Waals surface area contributed by atoms with E-state index in [-0.39, 0.29) is 0 Å². The summed E-state index contributed by atoms with van der Waals surface area (Å²) in [5.41, 5.74) is 18.7. The quantitative estimate of drug-likeness (QED) is 0.187. The van der Waals surface area contributed by atoms with E-state index in [1.807, 2.05) is 78.9 Å². The lowest BCUT2D eigenvalue weighted by Crippen LogP contribution is -2.37. The Morgan fingerprint density at radius 3 is 1.26 bits per heavy atom. The molecule has 1 aliphatic carbocycles. The lowest BCUT2D eigenvalue weighted by atomic mass is 9.78. The molecule has 0 spiro atoms. The second kappa shape index (κ2) is 13.2. The highest BCUT2D eigenvalue weighted by molar-refractivity contribution is 6.31. The van der Waals surface area contributed by atoms with Crippen LogP contribution in [0.2, 0.25) is 20.1 Å². The fraction of sp³-hybridized carbons (Fsp3) is 0.0857. The van der Waals surface area contributed by atoms with Crippen molar-refractivity contribution >= 4 is 69.4 Å². The van der Waals surface area contributed by atoms with E-state index in [4.69, 9.17) is 57.9 Å². The van der Waals surface area contributed by atoms with E-state index in [1.165, 1.54) is 0 Å². The minimum Gasteiger partial charge on any atom is -0.369 e. The number of carbonyl (C=O) groups is 2. The summed E-state index contributed by atoms with van der Waals surface area (Å²) in [4.78, 5) is 26.2. The number of hydrogen-bond donors (Lipinski definition) is 2. The highest BCUT2D eigenvalue weighted by Crippen LogP contribution is 2.45. The second-order valence-electron chi connectivity index (χ2n) is 10.1. The number of benzene rings is 4. The van der Waals surface area contributed by atoms with Crippen LogP contribution in [0.4, 0.5) is 0 Å². The molecule has 43 heavy (non-hydrogen) atoms. The number of hydrogen-bond acceptors (Lipinski definition) is 2. The lowest BCUT2D eigenvalue weighted by Gasteiger charge is -2.25. The largest absolute Gasteiger partial charge is 0.369 e. The molecule has 0 aromatic heterocycles. The first-order chi connectivity index (χ1) is 20.6. The Morgan fingerprint density at radius 1 is 0.558 bits per heavy atom. The van der Waals surface area contributed by atoms with Crippen LogP contribution >= 0.6 is 46.4 Å². The van der Waals surface area contributed by atoms with Gasteiger partial charge in [0.1, 0.15) is 5.92 Å². The van der Waals surface area contributed by atoms with Crippen LogP contribution in [0.1, 0.15) is 35.1 Å². The van der Waals surface area contributed by atoms with Crippen molar-refractivity contribution in [2.45, 2.75) is 12.8 Å². The predicted octanol–water partition coefficient (Wildman–Crippen LogP) is 8.91. The molecule has 0 bridgehead atoms. The van der Waals surface area contributed by atoms with Crippen molar-refractivity contribution in [3.63, 3.8) is 0 Å². The van der Waals surface area contributed by atoms with E-state index in [1.54, 1.807) is 24.3 Å². The molecule has 0 atom stereocenters. The van der Waals surface area contributed by atoms with Crippen molar-refractivity contribution in [3.8, 4) is 0 Å². The average molecular weight is 648 g/mol. The molecule has 4 N–H and O–H groups in total. The minimum absolute atomic E-state index is 0.414. The maximum absolute atomic E-state index is 13.1. The Hall–Kier alpha value is -3.80. The normalized spacial score (nSPS) is 12.7. The van der Waals surface area contributed by atoms with Crippen molar-refractivity contribution in [3.05, 3.63) is 162 Å². The first-order valence-electron chi connectivity index (χ1n) is 13.4. The van der Waals surface area contributed by atoms with Crippen LogP contribution in [-0.2, 0) is 9.59 Å². The number of rotatable bonds is 8. The topological polar surface area (TPSA) is 86.2 Å². The van der Waals surface area contributed by atoms with Gasteiger partial charge in [-0.2, -0.15) is 0 Å². The van der Waals surface area contributed by atoms with Crippen LogP contribution in [0.3, 0.4) is 0 Å². The third kappa shape index (κ3) is 6.74. The van der Waals surface area contributed by atoms with Gasteiger partial charge in [0.15, 0.2) is 0 Å². The molecule has 0 unspecified atom stereocenters. The number of primary amides is 2. The maximum atomic E-state index is 13.1. The van der Waals surface area contributed by atoms with Crippen LogP contribution in [0, 0.1) is 5.92 Å². The predicted molar refractivity (Wildman–Crippen MR) is 177 cm³/mol. The summed E-state index contributed by atoms with van der Waals surface area (Å²) >= 11 is 25.0. The fourth-order valence-corrected chi connectivity index (χ4v) is 5.97. The molecule has 0 aliphatic heterocycles. The molecule has 0 saturated carbocycles. The summed E-state index contributed by atoms with van der Waals surface area (Å²) in [6, 6.07) is 29.4. The van der Waals surface area contributed by atoms with Gasteiger partial charge in [-0.25, -0.2) is 0 Å². The zero-order valence-electron chi connectivity index (χ0n) is 22.8. The van der Waals surface area contributed by atoms with Crippen LogP contribution in [0.15, 0.2) is 120 Å². The zero-order chi connectivity index (χ0) is 30.7. The molecule has 1 aliphatic rings. The van der Waals surface area contributed by atoms with E-state index in [9.17, 15) is 9.59 Å². The van der Waals surface area contributed by atoms with Crippen molar-refractivity contribution in [1.29, 1.82) is 0 Å². The monoisotopic (exact) mass is 646 g/mol. The second-order valence-corrected chi connectivity index (χ2v) is 11.8. The van der Waals surface area contributed by atoms with Crippen molar-refractivity contribution < 1.29 is 9.59 Å². The molecule has 0 fully saturated rings. The first-order valence-corrected chi connectivity index (χ1v) is 15.0. The molecular weight excluding hydrogens is 622 g/mol. The van der Waals surface area contributed by atoms with Gasteiger partial charge in [-0.1, -0.05) is 101 Å². The molecule has 0 heterocycles. The molecule has 8 heteroatoms. The first kappa shape index (κ1) is 30.7. The minimum atomic E-state index is -1.43. The number of amides is 2. The van der Waals surface area contributed by atoms with Crippen LogP contribution in [0.5, 0.6) is 0 Å². The average Bonchev–Trinajstić information content (AvgIpc) is 3.45. The summed E-state index contributed by atoms with van der Waals surface area (Å²) in [5.74, 6) is -3.14. The van der Waals surface area contributed by atoms with E-state index < -0.39 is 17.7 Å². The van der Waals surface area contributed by atoms with Crippen molar-refractivity contribution in [2.75, 3.05) is 0 Å². The Balaban J connectivity index is 1.91. The molecule has 4 nitrogen and oxygen atoms in total. The van der Waals surface area contributed by atoms with Gasteiger partial charge in [0.05, 0.1) is 0 Å². The summed E-state index contributed by atoms with van der Waals surface area (Å²) in [7, 11) is 0. The number of halogens is 4. The number of carbonyl (C=O) groups excluding carboxylic acids is 2. The summed E-state index contributed by atoms with van der Waals surface area (Å²) in [6.07, 6.45) is 3.33. The molecule has 4 aromatic carbocycles. The van der Waals surface area contributed by atoms with Crippen molar-refractivity contribution in [2.24, 2.45) is 17.4 Å². The smallest absolute Gasteiger partial charge is 0.234 e. The van der Waals surface area contributed by atoms with Gasteiger partial charge < -0.3 is 11.5 Å². The Bertz CT molecular complexity index is 1660. The zero-order valence-corrected chi connectivity index (χ0v) is 25.8. The van der Waals surface area contributed by atoms with Crippen LogP contribution in [0.25, 0.3) is 11.1 Å². The van der Waals surface area contributed by atoms with E-state index in [2.05, 4.69) is 0 Å². The molecule has 216 valence electrons. The van der Waals surface area contributed by atoms with E-state index in [0.717, 1.165) is 33.4 Å². The standard InChI is InChI=1S/C35H26Cl4N2O2/c36-24-12-4-20(5-13-24)30(21-6-14-25(37)15-7-21)28-2-1-3-29(28)32(33(34(40)42)35(41)43)31(22-8-16-26(38)17-9-22)23-10-18-27(39)19-11-23/h3-19,33H,1-2H2,(H2,40,42)(H2,41,43). The van der Waals surface area contributed by atoms with E-state index in [0.29, 0.717) is 49.7 Å². The van der Waals surface area contributed by atoms with Gasteiger partial charge in [0.2, 0.25) is 11.8 Å². The van der Waals surface area contributed by atoms with Gasteiger partial charge in [-0.3, -0.25) is 9.59 Å². The van der Waals surface area contributed by atoms with Crippen LogP contribution < -0.4 is 11.5 Å². The molecule has 4 aromatic rings. The van der Waals surface area contributed by atoms with Gasteiger partial charge in [0, 0.05) is 20.1 Å². The van der Waals surface area contributed by atoms with Gasteiger partial charge in [-0.15, -0.1) is 0 Å². The fourth-order valence-electron chi connectivity index (χ4n) is 5.47. The van der Waals surface area contributed by atoms with Crippen molar-refractivity contribution in [1.82, 2.24) is 0 Å². The Kier molecular flexibility index (Phi) is 9.43.